The number of halogens is 1. The highest BCUT2D eigenvalue weighted by Gasteiger charge is 2.57. The van der Waals surface area contributed by atoms with Crippen LogP contribution in [0.2, 0.25) is 5.02 Å². The molecule has 26 heavy (non-hydrogen) atoms. The Balaban J connectivity index is 1.30. The molecular formula is C20H24ClNO4. The van der Waals surface area contributed by atoms with E-state index in [4.69, 9.17) is 16.3 Å². The zero-order valence-electron chi connectivity index (χ0n) is 14.7. The van der Waals surface area contributed by atoms with Gasteiger partial charge >= 0.3 is 5.97 Å². The van der Waals surface area contributed by atoms with E-state index >= 15 is 0 Å². The third-order valence-electron chi connectivity index (χ3n) is 6.14. The maximum atomic E-state index is 12.3. The average molecular weight is 378 g/mol. The van der Waals surface area contributed by atoms with Gasteiger partial charge in [0, 0.05) is 10.7 Å². The first kappa shape index (κ1) is 17.8. The Kier molecular flexibility index (Phi) is 4.48. The van der Waals surface area contributed by atoms with Gasteiger partial charge in [0.15, 0.2) is 6.61 Å². The van der Waals surface area contributed by atoms with Crippen LogP contribution in [0.25, 0.3) is 0 Å². The van der Waals surface area contributed by atoms with Crippen LogP contribution in [-0.2, 0) is 14.3 Å². The highest BCUT2D eigenvalue weighted by Crippen LogP contribution is 2.62. The van der Waals surface area contributed by atoms with Gasteiger partial charge in [-0.25, -0.2) is 0 Å². The van der Waals surface area contributed by atoms with Crippen LogP contribution in [0.1, 0.15) is 44.9 Å². The maximum Gasteiger partial charge on any atom is 0.306 e. The summed E-state index contributed by atoms with van der Waals surface area (Å²) >= 11 is 5.88. The topological polar surface area (TPSA) is 75.6 Å². The fraction of sp³-hybridized carbons (Fsp3) is 0.600. The summed E-state index contributed by atoms with van der Waals surface area (Å²) in [6, 6.07) is 6.82. The molecule has 4 aliphatic carbocycles. The van der Waals surface area contributed by atoms with Crippen LogP contribution in [0.15, 0.2) is 24.3 Å². The molecule has 1 aromatic rings. The molecule has 2 N–H and O–H groups in total. The minimum atomic E-state index is -0.589. The molecule has 5 nitrogen and oxygen atoms in total. The molecule has 0 heterocycles. The Hall–Kier alpha value is -1.59. The second kappa shape index (κ2) is 6.54. The average Bonchev–Trinajstić information content (AvgIpc) is 2.50. The highest BCUT2D eigenvalue weighted by molar-refractivity contribution is 6.30. The van der Waals surface area contributed by atoms with E-state index in [1.807, 2.05) is 0 Å². The summed E-state index contributed by atoms with van der Waals surface area (Å²) in [5, 5.41) is 13.9. The lowest BCUT2D eigenvalue weighted by Gasteiger charge is -2.60. The molecule has 0 spiro atoms. The Morgan fingerprint density at radius 3 is 2.62 bits per heavy atom. The van der Waals surface area contributed by atoms with Crippen molar-refractivity contribution >= 4 is 29.2 Å². The number of anilines is 1. The van der Waals surface area contributed by atoms with Gasteiger partial charge in [-0.05, 0) is 74.0 Å². The molecule has 4 bridgehead atoms. The van der Waals surface area contributed by atoms with Crippen molar-refractivity contribution in [2.75, 3.05) is 11.9 Å². The number of rotatable bonds is 5. The van der Waals surface area contributed by atoms with Gasteiger partial charge in [0.05, 0.1) is 12.0 Å². The number of nitrogens with one attached hydrogen (secondary N) is 1. The molecule has 1 amide bonds. The Morgan fingerprint density at radius 2 is 1.96 bits per heavy atom. The lowest BCUT2D eigenvalue weighted by molar-refractivity contribution is -0.177. The second-order valence-electron chi connectivity index (χ2n) is 8.58. The summed E-state index contributed by atoms with van der Waals surface area (Å²) in [4.78, 5) is 24.3. The van der Waals surface area contributed by atoms with Crippen molar-refractivity contribution in [3.8, 4) is 0 Å². The van der Waals surface area contributed by atoms with E-state index in [0.29, 0.717) is 35.4 Å². The Morgan fingerprint density at radius 1 is 1.23 bits per heavy atom. The first-order chi connectivity index (χ1) is 12.3. The summed E-state index contributed by atoms with van der Waals surface area (Å²) in [6.07, 6.45) is 5.92. The normalized spacial score (nSPS) is 34.5. The number of aliphatic hydroxyl groups is 1. The fourth-order valence-electron chi connectivity index (χ4n) is 5.88. The number of hydrogen-bond donors (Lipinski definition) is 2. The predicted octanol–water partition coefficient (Wildman–Crippen LogP) is 3.54. The van der Waals surface area contributed by atoms with Crippen LogP contribution in [-0.4, -0.2) is 29.2 Å². The minimum absolute atomic E-state index is 0.140. The smallest absolute Gasteiger partial charge is 0.306 e. The predicted molar refractivity (Wildman–Crippen MR) is 97.7 cm³/mol. The minimum Gasteiger partial charge on any atom is -0.456 e. The zero-order valence-corrected chi connectivity index (χ0v) is 15.4. The van der Waals surface area contributed by atoms with E-state index in [9.17, 15) is 14.7 Å². The summed E-state index contributed by atoms with van der Waals surface area (Å²) in [5.74, 6) is 0.321. The first-order valence-corrected chi connectivity index (χ1v) is 9.64. The molecule has 1 aromatic carbocycles. The van der Waals surface area contributed by atoms with Crippen molar-refractivity contribution in [1.29, 1.82) is 0 Å². The lowest BCUT2D eigenvalue weighted by atomic mass is 9.47. The molecular weight excluding hydrogens is 354 g/mol. The summed E-state index contributed by atoms with van der Waals surface area (Å²) in [5.41, 5.74) is -0.157. The number of ether oxygens (including phenoxy) is 1. The number of carbonyl (C=O) groups is 2. The van der Waals surface area contributed by atoms with Gasteiger partial charge in [0.25, 0.3) is 5.91 Å². The summed E-state index contributed by atoms with van der Waals surface area (Å²) in [7, 11) is 0. The molecule has 0 saturated heterocycles. The van der Waals surface area contributed by atoms with Crippen molar-refractivity contribution in [1.82, 2.24) is 0 Å². The fourth-order valence-corrected chi connectivity index (χ4v) is 6.07. The molecule has 0 aromatic heterocycles. The van der Waals surface area contributed by atoms with E-state index in [1.165, 1.54) is 6.42 Å². The quantitative estimate of drug-likeness (QED) is 0.769. The van der Waals surface area contributed by atoms with Gasteiger partial charge in [0.1, 0.15) is 0 Å². The Labute approximate surface area is 158 Å². The lowest BCUT2D eigenvalue weighted by Crippen LogP contribution is -2.56. The van der Waals surface area contributed by atoms with Gasteiger partial charge in [-0.15, -0.1) is 0 Å². The largest absolute Gasteiger partial charge is 0.456 e. The van der Waals surface area contributed by atoms with Crippen LogP contribution < -0.4 is 5.32 Å². The number of amides is 1. The second-order valence-corrected chi connectivity index (χ2v) is 9.02. The third-order valence-corrected chi connectivity index (χ3v) is 6.38. The number of benzene rings is 1. The van der Waals surface area contributed by atoms with Gasteiger partial charge < -0.3 is 15.2 Å². The van der Waals surface area contributed by atoms with Crippen LogP contribution in [0, 0.1) is 17.3 Å². The molecule has 0 radical (unpaired) electrons. The number of esters is 1. The first-order valence-electron chi connectivity index (χ1n) is 9.27. The summed E-state index contributed by atoms with van der Waals surface area (Å²) < 4.78 is 5.21. The van der Waals surface area contributed by atoms with E-state index < -0.39 is 5.60 Å². The summed E-state index contributed by atoms with van der Waals surface area (Å²) in [6.45, 7) is -0.307. The van der Waals surface area contributed by atoms with Crippen molar-refractivity contribution in [3.05, 3.63) is 29.3 Å². The van der Waals surface area contributed by atoms with E-state index in [0.717, 1.165) is 25.7 Å². The molecule has 4 atom stereocenters. The standard InChI is InChI=1S/C20H24ClNO4/c21-15-2-1-3-16(5-15)22-17(23)11-26-18(24)10-19-6-13-4-14(7-19)9-20(25,8-13)12-19/h1-3,5,13-14,25H,4,6-12H2,(H,22,23)/t13-,14+,19?,20?. The zero-order chi connectivity index (χ0) is 18.4. The molecule has 4 fully saturated rings. The van der Waals surface area contributed by atoms with Gasteiger partial charge in [-0.2, -0.15) is 0 Å². The van der Waals surface area contributed by atoms with E-state index in [-0.39, 0.29) is 23.9 Å². The molecule has 140 valence electrons. The van der Waals surface area contributed by atoms with Crippen LogP contribution in [0.5, 0.6) is 0 Å². The van der Waals surface area contributed by atoms with Crippen molar-refractivity contribution in [3.63, 3.8) is 0 Å². The molecule has 5 rings (SSSR count). The number of hydrogen-bond acceptors (Lipinski definition) is 4. The van der Waals surface area contributed by atoms with E-state index in [2.05, 4.69) is 5.32 Å². The van der Waals surface area contributed by atoms with Crippen molar-refractivity contribution < 1.29 is 19.4 Å². The third kappa shape index (κ3) is 3.74. The van der Waals surface area contributed by atoms with E-state index in [1.54, 1.807) is 24.3 Å². The van der Waals surface area contributed by atoms with Gasteiger partial charge in [0.2, 0.25) is 0 Å². The van der Waals surface area contributed by atoms with Gasteiger partial charge in [-0.1, -0.05) is 17.7 Å². The molecule has 4 aliphatic rings. The molecule has 2 unspecified atom stereocenters. The monoisotopic (exact) mass is 377 g/mol. The molecule has 0 aliphatic heterocycles. The van der Waals surface area contributed by atoms with Gasteiger partial charge in [-0.3, -0.25) is 9.59 Å². The molecule has 4 saturated carbocycles. The number of carbonyl (C=O) groups excluding carboxylic acids is 2. The van der Waals surface area contributed by atoms with Crippen molar-refractivity contribution in [2.45, 2.75) is 50.5 Å². The van der Waals surface area contributed by atoms with Crippen LogP contribution in [0.3, 0.4) is 0 Å². The van der Waals surface area contributed by atoms with Crippen LogP contribution >= 0.6 is 11.6 Å². The highest BCUT2D eigenvalue weighted by atomic mass is 35.5. The maximum absolute atomic E-state index is 12.3. The van der Waals surface area contributed by atoms with Crippen molar-refractivity contribution in [2.24, 2.45) is 17.3 Å². The molecule has 6 heteroatoms. The van der Waals surface area contributed by atoms with Crippen LogP contribution in [0.4, 0.5) is 5.69 Å². The Bertz CT molecular complexity index is 720. The SMILES string of the molecule is O=C(COC(=O)CC12C[C@@H]3C[C@@H](CC(O)(C3)C1)C2)Nc1cccc(Cl)c1.